The lowest BCUT2D eigenvalue weighted by molar-refractivity contribution is 0.769. The molecule has 1 heterocycles. The summed E-state index contributed by atoms with van der Waals surface area (Å²) in [5.74, 6) is 0. The molecule has 0 radical (unpaired) electrons. The van der Waals surface area contributed by atoms with Crippen LogP contribution >= 0.6 is 0 Å². The third kappa shape index (κ3) is 4.09. The Kier molecular flexibility index (Phi) is 6.53. The van der Waals surface area contributed by atoms with Crippen LogP contribution in [0, 0.1) is 0 Å². The van der Waals surface area contributed by atoms with Crippen molar-refractivity contribution < 1.29 is 0 Å². The van der Waals surface area contributed by atoms with Gasteiger partial charge in [-0.1, -0.05) is 164 Å². The van der Waals surface area contributed by atoms with E-state index >= 15 is 0 Å². The van der Waals surface area contributed by atoms with Gasteiger partial charge in [0, 0.05) is 21.6 Å². The van der Waals surface area contributed by atoms with Gasteiger partial charge in [-0.25, -0.2) is 0 Å². The van der Waals surface area contributed by atoms with Crippen LogP contribution in [0.2, 0.25) is 0 Å². The fraction of sp³-hybridized carbons (Fsp3) is 0.0400. The van der Waals surface area contributed by atoms with Gasteiger partial charge in [-0.05, 0) is 96.9 Å². The van der Waals surface area contributed by atoms with Gasteiger partial charge >= 0.3 is 0 Å². The van der Waals surface area contributed by atoms with E-state index in [9.17, 15) is 0 Å². The lowest BCUT2D eigenvalue weighted by Gasteiger charge is -2.34. The topological polar surface area (TPSA) is 4.93 Å². The number of rotatable bonds is 4. The van der Waals surface area contributed by atoms with E-state index in [4.69, 9.17) is 6.58 Å². The maximum atomic E-state index is 4.78. The zero-order chi connectivity index (χ0) is 34.1. The summed E-state index contributed by atoms with van der Waals surface area (Å²) < 4.78 is 2.39. The zero-order valence-electron chi connectivity index (χ0n) is 28.5. The Morgan fingerprint density at radius 2 is 1.04 bits per heavy atom. The van der Waals surface area contributed by atoms with Crippen molar-refractivity contribution in [2.24, 2.45) is 0 Å². The van der Waals surface area contributed by atoms with Crippen LogP contribution in [0.4, 0.5) is 0 Å². The minimum atomic E-state index is -0.481. The first-order valence-electron chi connectivity index (χ1n) is 17.8. The molecule has 0 spiro atoms. The molecule has 0 atom stereocenters. The SMILES string of the molecule is C=c1/c(=C\C=C/C)c2cc3c(cc2n1-c1ccc2c4ccccc4c4ccccc4c2c1)C(c1ccccc1)(c1ccccc1)c1ccccc1-3. The second-order valence-electron chi connectivity index (χ2n) is 13.7. The molecule has 1 aromatic heterocycles. The molecule has 8 aromatic carbocycles. The first-order chi connectivity index (χ1) is 25.2. The molecule has 0 aliphatic heterocycles. The lowest BCUT2D eigenvalue weighted by atomic mass is 9.67. The highest BCUT2D eigenvalue weighted by Crippen LogP contribution is 2.56. The van der Waals surface area contributed by atoms with Gasteiger partial charge in [0.1, 0.15) is 0 Å². The van der Waals surface area contributed by atoms with E-state index < -0.39 is 5.41 Å². The van der Waals surface area contributed by atoms with Crippen LogP contribution < -0.4 is 10.6 Å². The second kappa shape index (κ2) is 11.3. The zero-order valence-corrected chi connectivity index (χ0v) is 28.5. The van der Waals surface area contributed by atoms with Crippen molar-refractivity contribution in [3.63, 3.8) is 0 Å². The fourth-order valence-electron chi connectivity index (χ4n) is 9.01. The predicted octanol–water partition coefficient (Wildman–Crippen LogP) is 11.2. The van der Waals surface area contributed by atoms with Crippen LogP contribution in [0.15, 0.2) is 176 Å². The molecule has 0 fully saturated rings. The van der Waals surface area contributed by atoms with Crippen LogP contribution in [0.25, 0.3) is 72.7 Å². The number of hydrogen-bond donors (Lipinski definition) is 0. The molecule has 1 aliphatic carbocycles. The summed E-state index contributed by atoms with van der Waals surface area (Å²) in [5, 5.41) is 10.9. The summed E-state index contributed by atoms with van der Waals surface area (Å²) in [6.45, 7) is 6.85. The highest BCUT2D eigenvalue weighted by molar-refractivity contribution is 6.25. The molecule has 9 aromatic rings. The van der Waals surface area contributed by atoms with Crippen molar-refractivity contribution in [1.29, 1.82) is 0 Å². The van der Waals surface area contributed by atoms with Crippen LogP contribution in [-0.4, -0.2) is 4.57 Å². The third-order valence-corrected chi connectivity index (χ3v) is 11.1. The van der Waals surface area contributed by atoms with Crippen LogP contribution in [0.1, 0.15) is 29.2 Å². The Labute approximate surface area is 297 Å². The molecule has 1 nitrogen and oxygen atoms in total. The van der Waals surface area contributed by atoms with Crippen molar-refractivity contribution >= 4 is 55.9 Å². The number of aromatic nitrogens is 1. The Morgan fingerprint density at radius 1 is 0.490 bits per heavy atom. The molecule has 10 rings (SSSR count). The summed E-state index contributed by atoms with van der Waals surface area (Å²) in [5.41, 5.74) is 9.47. The molecule has 0 unspecified atom stereocenters. The predicted molar refractivity (Wildman–Crippen MR) is 217 cm³/mol. The van der Waals surface area contributed by atoms with Gasteiger partial charge in [-0.3, -0.25) is 0 Å². The Bertz CT molecular complexity index is 2910. The molecule has 0 amide bonds. The van der Waals surface area contributed by atoms with Gasteiger partial charge in [-0.15, -0.1) is 0 Å². The summed E-state index contributed by atoms with van der Waals surface area (Å²) in [4.78, 5) is 0. The fourth-order valence-corrected chi connectivity index (χ4v) is 9.01. The van der Waals surface area contributed by atoms with Crippen LogP contribution in [0.5, 0.6) is 0 Å². The number of benzene rings is 8. The molecule has 1 aliphatic rings. The van der Waals surface area contributed by atoms with Gasteiger partial charge in [-0.2, -0.15) is 0 Å². The summed E-state index contributed by atoms with van der Waals surface area (Å²) in [6.07, 6.45) is 6.45. The van der Waals surface area contributed by atoms with E-state index in [0.29, 0.717) is 0 Å². The normalized spacial score (nSPS) is 13.9. The Morgan fingerprint density at radius 3 is 1.67 bits per heavy atom. The van der Waals surface area contributed by atoms with E-state index in [2.05, 4.69) is 194 Å². The van der Waals surface area contributed by atoms with Crippen LogP contribution in [0.3, 0.4) is 0 Å². The second-order valence-corrected chi connectivity index (χ2v) is 13.7. The Balaban J connectivity index is 1.35. The smallest absolute Gasteiger partial charge is 0.0714 e. The van der Waals surface area contributed by atoms with Crippen LogP contribution in [-0.2, 0) is 5.41 Å². The van der Waals surface area contributed by atoms with Gasteiger partial charge in [0.15, 0.2) is 0 Å². The number of hydrogen-bond acceptors (Lipinski definition) is 0. The van der Waals surface area contributed by atoms with E-state index in [1.54, 1.807) is 0 Å². The van der Waals surface area contributed by atoms with E-state index in [0.717, 1.165) is 21.8 Å². The lowest BCUT2D eigenvalue weighted by Crippen LogP contribution is -2.28. The monoisotopic (exact) mass is 649 g/mol. The molecule has 240 valence electrons. The summed E-state index contributed by atoms with van der Waals surface area (Å²) >= 11 is 0. The Hall–Kier alpha value is -6.44. The first-order valence-corrected chi connectivity index (χ1v) is 17.8. The maximum absolute atomic E-state index is 4.78. The number of allylic oxidation sites excluding steroid dienone is 2. The number of nitrogens with zero attached hydrogens (tertiary/aromatic N) is 1. The molecular formula is C50H35N. The molecule has 0 saturated carbocycles. The third-order valence-electron chi connectivity index (χ3n) is 11.1. The first kappa shape index (κ1) is 29.5. The van der Waals surface area contributed by atoms with Gasteiger partial charge in [0.25, 0.3) is 0 Å². The highest BCUT2D eigenvalue weighted by atomic mass is 15.0. The van der Waals surface area contributed by atoms with Gasteiger partial charge in [0.05, 0.1) is 10.9 Å². The van der Waals surface area contributed by atoms with Crippen molar-refractivity contribution in [2.45, 2.75) is 12.3 Å². The summed E-state index contributed by atoms with van der Waals surface area (Å²) in [6, 6.07) is 60.5. The van der Waals surface area contributed by atoms with Gasteiger partial charge in [0.2, 0.25) is 0 Å². The average molecular weight is 650 g/mol. The average Bonchev–Trinajstić information content (AvgIpc) is 3.64. The molecule has 1 heteroatoms. The van der Waals surface area contributed by atoms with Crippen molar-refractivity contribution in [3.05, 3.63) is 209 Å². The molecule has 51 heavy (non-hydrogen) atoms. The minimum Gasteiger partial charge on any atom is -0.310 e. The minimum absolute atomic E-state index is 0.481. The quantitative estimate of drug-likeness (QED) is 0.167. The van der Waals surface area contributed by atoms with E-state index in [1.165, 1.54) is 71.1 Å². The van der Waals surface area contributed by atoms with Gasteiger partial charge < -0.3 is 4.57 Å². The standard InChI is InChI=1S/C50H35N/c1-3-4-21-37-33(2)51(36-28-29-42-40-24-12-11-22-38(40)39-23-13-14-25-41(39)44(42)30-36)49-32-48-45(31-46(37)49)43-26-15-16-27-47(43)50(48,34-17-7-5-8-18-34)35-19-9-6-10-20-35/h3-32H,2H2,1H3/b4-3-,37-21+. The highest BCUT2D eigenvalue weighted by Gasteiger charge is 2.46. The van der Waals surface area contributed by atoms with Crippen molar-refractivity contribution in [3.8, 4) is 16.8 Å². The maximum Gasteiger partial charge on any atom is 0.0714 e. The molecule has 0 saturated heterocycles. The van der Waals surface area contributed by atoms with E-state index in [1.807, 2.05) is 0 Å². The molecule has 0 bridgehead atoms. The molecular weight excluding hydrogens is 615 g/mol. The van der Waals surface area contributed by atoms with Crippen molar-refractivity contribution in [2.75, 3.05) is 0 Å². The summed E-state index contributed by atoms with van der Waals surface area (Å²) in [7, 11) is 0. The largest absolute Gasteiger partial charge is 0.310 e. The number of fused-ring (bicyclic) bond motifs is 10. The van der Waals surface area contributed by atoms with Crippen molar-refractivity contribution in [1.82, 2.24) is 4.57 Å². The van der Waals surface area contributed by atoms with E-state index in [-0.39, 0.29) is 0 Å². The molecule has 0 N–H and O–H groups in total.